The largest absolute Gasteiger partial charge is 0.332 e. The number of nitrogens with zero attached hydrogens (tertiary/aromatic N) is 1. The average Bonchev–Trinajstić information content (AvgIpc) is 3.00. The summed E-state index contributed by atoms with van der Waals surface area (Å²) >= 11 is 5.29. The fraction of sp³-hybridized carbons (Fsp3) is 0.550. The molecule has 0 saturated carbocycles. The summed E-state index contributed by atoms with van der Waals surface area (Å²) in [5.74, 6) is 0.791. The zero-order chi connectivity index (χ0) is 19.6. The first-order valence-corrected chi connectivity index (χ1v) is 11.5. The Morgan fingerprint density at radius 2 is 2.11 bits per heavy atom. The van der Waals surface area contributed by atoms with Crippen LogP contribution in [0.5, 0.6) is 0 Å². The van der Waals surface area contributed by atoms with Gasteiger partial charge in [0.2, 0.25) is 12.3 Å². The van der Waals surface area contributed by atoms with Crippen molar-refractivity contribution in [2.75, 3.05) is 11.1 Å². The van der Waals surface area contributed by atoms with Crippen LogP contribution in [0.25, 0.3) is 0 Å². The van der Waals surface area contributed by atoms with Gasteiger partial charge in [-0.3, -0.25) is 19.7 Å². The fourth-order valence-corrected chi connectivity index (χ4v) is 4.67. The van der Waals surface area contributed by atoms with Crippen LogP contribution >= 0.6 is 27.7 Å². The van der Waals surface area contributed by atoms with E-state index < -0.39 is 0 Å². The number of nitrogens with one attached hydrogen (secondary N) is 1. The molecule has 0 fully saturated rings. The minimum atomic E-state index is -0.308. The highest BCUT2D eigenvalue weighted by Gasteiger charge is 2.32. The topological polar surface area (TPSA) is 66.5 Å². The number of hydrogen-bond acceptors (Lipinski definition) is 4. The van der Waals surface area contributed by atoms with Crippen LogP contribution in [0.15, 0.2) is 23.1 Å². The van der Waals surface area contributed by atoms with Crippen molar-refractivity contribution in [3.63, 3.8) is 0 Å². The Morgan fingerprint density at radius 1 is 1.33 bits per heavy atom. The molecule has 3 amide bonds. The van der Waals surface area contributed by atoms with E-state index in [0.717, 1.165) is 22.2 Å². The normalized spacial score (nSPS) is 14.1. The highest BCUT2D eigenvalue weighted by Crippen LogP contribution is 2.34. The summed E-state index contributed by atoms with van der Waals surface area (Å²) in [6, 6.07) is 5.89. The van der Waals surface area contributed by atoms with E-state index >= 15 is 0 Å². The van der Waals surface area contributed by atoms with Crippen LogP contribution < -0.4 is 5.32 Å². The van der Waals surface area contributed by atoms with Crippen molar-refractivity contribution in [1.29, 1.82) is 0 Å². The van der Waals surface area contributed by atoms with Crippen LogP contribution in [0, 0.1) is 0 Å². The molecule has 2 rings (SSSR count). The van der Waals surface area contributed by atoms with Crippen molar-refractivity contribution in [2.45, 2.75) is 62.9 Å². The molecule has 7 heteroatoms. The Bertz CT molecular complexity index is 669. The van der Waals surface area contributed by atoms with Gasteiger partial charge in [-0.05, 0) is 49.6 Å². The van der Waals surface area contributed by atoms with Gasteiger partial charge in [0.05, 0.1) is 0 Å². The van der Waals surface area contributed by atoms with Gasteiger partial charge in [-0.1, -0.05) is 34.8 Å². The fourth-order valence-electron chi connectivity index (χ4n) is 3.18. The second-order valence-corrected chi connectivity index (χ2v) is 8.67. The number of amides is 3. The molecular weight excluding hydrogens is 428 g/mol. The molecule has 1 aliphatic rings. The third-order valence-corrected chi connectivity index (χ3v) is 6.53. The molecule has 148 valence electrons. The summed E-state index contributed by atoms with van der Waals surface area (Å²) in [5, 5.41) is 3.21. The van der Waals surface area contributed by atoms with E-state index in [1.165, 1.54) is 30.6 Å². The first-order chi connectivity index (χ1) is 13.1. The molecule has 5 nitrogen and oxygen atoms in total. The zero-order valence-corrected chi connectivity index (χ0v) is 18.1. The lowest BCUT2D eigenvalue weighted by Crippen LogP contribution is -2.34. The number of hydrogen-bond donors (Lipinski definition) is 1. The molecule has 1 unspecified atom stereocenters. The minimum absolute atomic E-state index is 0.0352. The zero-order valence-electron chi connectivity index (χ0n) is 15.7. The summed E-state index contributed by atoms with van der Waals surface area (Å²) in [4.78, 5) is 37.6. The molecule has 1 N–H and O–H groups in total. The summed E-state index contributed by atoms with van der Waals surface area (Å²) in [6.07, 6.45) is 6.05. The number of fused-ring (bicyclic) bond motifs is 1. The highest BCUT2D eigenvalue weighted by molar-refractivity contribution is 9.09. The summed E-state index contributed by atoms with van der Waals surface area (Å²) in [7, 11) is 0. The molecule has 0 bridgehead atoms. The van der Waals surface area contributed by atoms with Crippen LogP contribution in [0.2, 0.25) is 0 Å². The van der Waals surface area contributed by atoms with Crippen molar-refractivity contribution < 1.29 is 14.4 Å². The molecule has 0 spiro atoms. The van der Waals surface area contributed by atoms with Gasteiger partial charge >= 0.3 is 0 Å². The molecule has 1 aromatic carbocycles. The smallest absolute Gasteiger partial charge is 0.254 e. The number of carbonyl (C=O) groups is 3. The maximum absolute atomic E-state index is 12.8. The molecule has 0 saturated heterocycles. The average molecular weight is 455 g/mol. The first-order valence-electron chi connectivity index (χ1n) is 9.43. The summed E-state index contributed by atoms with van der Waals surface area (Å²) < 4.78 is 0. The van der Waals surface area contributed by atoms with E-state index in [2.05, 4.69) is 27.3 Å². The Kier molecular flexibility index (Phi) is 9.34. The second kappa shape index (κ2) is 11.5. The monoisotopic (exact) mass is 454 g/mol. The van der Waals surface area contributed by atoms with E-state index in [1.807, 2.05) is 35.7 Å². The van der Waals surface area contributed by atoms with Gasteiger partial charge in [-0.2, -0.15) is 0 Å². The van der Waals surface area contributed by atoms with Crippen LogP contribution in [0.1, 0.15) is 61.4 Å². The lowest BCUT2D eigenvalue weighted by Gasteiger charge is -2.24. The Hall–Kier alpha value is -1.34. The van der Waals surface area contributed by atoms with E-state index in [1.54, 1.807) is 0 Å². The van der Waals surface area contributed by atoms with Gasteiger partial charge in [0.15, 0.2) is 0 Å². The van der Waals surface area contributed by atoms with Gasteiger partial charge in [-0.15, -0.1) is 11.8 Å². The van der Waals surface area contributed by atoms with Gasteiger partial charge < -0.3 is 4.90 Å². The van der Waals surface area contributed by atoms with Crippen LogP contribution in [0.3, 0.4) is 0 Å². The second-order valence-electron chi connectivity index (χ2n) is 6.74. The summed E-state index contributed by atoms with van der Waals surface area (Å²) in [6.45, 7) is 2.55. The molecule has 1 aliphatic heterocycles. The Balaban J connectivity index is 1.91. The van der Waals surface area contributed by atoms with Crippen LogP contribution in [-0.2, 0) is 16.1 Å². The number of halogens is 1. The van der Waals surface area contributed by atoms with Gasteiger partial charge in [0, 0.05) is 34.8 Å². The SMILES string of the molecule is CC(CCC(=O)NC=O)N1Cc2c(SCCCCCCBr)cccc2C1=O. The van der Waals surface area contributed by atoms with E-state index in [0.29, 0.717) is 19.4 Å². The lowest BCUT2D eigenvalue weighted by atomic mass is 10.1. The molecule has 1 atom stereocenters. The Labute approximate surface area is 173 Å². The lowest BCUT2D eigenvalue weighted by molar-refractivity contribution is -0.125. The molecule has 0 aliphatic carbocycles. The molecular formula is C20H27BrN2O3S. The van der Waals surface area contributed by atoms with E-state index in [9.17, 15) is 14.4 Å². The van der Waals surface area contributed by atoms with Crippen molar-refractivity contribution in [1.82, 2.24) is 10.2 Å². The predicted molar refractivity (Wildman–Crippen MR) is 112 cm³/mol. The van der Waals surface area contributed by atoms with Crippen LogP contribution in [-0.4, -0.2) is 40.2 Å². The number of benzene rings is 1. The number of alkyl halides is 1. The third kappa shape index (κ3) is 6.35. The maximum atomic E-state index is 12.8. The van der Waals surface area contributed by atoms with Crippen molar-refractivity contribution >= 4 is 45.9 Å². The van der Waals surface area contributed by atoms with Crippen molar-refractivity contribution in [3.8, 4) is 0 Å². The molecule has 27 heavy (non-hydrogen) atoms. The van der Waals surface area contributed by atoms with Crippen molar-refractivity contribution in [3.05, 3.63) is 29.3 Å². The van der Waals surface area contributed by atoms with E-state index in [-0.39, 0.29) is 24.3 Å². The molecule has 0 aromatic heterocycles. The maximum Gasteiger partial charge on any atom is 0.254 e. The predicted octanol–water partition coefficient (Wildman–Crippen LogP) is 4.13. The van der Waals surface area contributed by atoms with Gasteiger partial charge in [0.25, 0.3) is 5.91 Å². The van der Waals surface area contributed by atoms with Crippen molar-refractivity contribution in [2.24, 2.45) is 0 Å². The van der Waals surface area contributed by atoms with Crippen LogP contribution in [0.4, 0.5) is 0 Å². The minimum Gasteiger partial charge on any atom is -0.332 e. The molecule has 1 heterocycles. The first kappa shape index (κ1) is 22.0. The quantitative estimate of drug-likeness (QED) is 0.223. The Morgan fingerprint density at radius 3 is 2.85 bits per heavy atom. The highest BCUT2D eigenvalue weighted by atomic mass is 79.9. The van der Waals surface area contributed by atoms with Gasteiger partial charge in [-0.25, -0.2) is 0 Å². The third-order valence-electron chi connectivity index (χ3n) is 4.78. The number of imide groups is 1. The standard InChI is InChI=1S/C20H27BrN2O3S/c1-15(9-10-19(25)22-14-24)23-13-17-16(20(23)26)7-6-8-18(17)27-12-5-3-2-4-11-21/h6-8,14-15H,2-5,9-13H2,1H3,(H,22,24,25). The summed E-state index contributed by atoms with van der Waals surface area (Å²) in [5.41, 5.74) is 1.89. The number of carbonyl (C=O) groups excluding carboxylic acids is 3. The number of thioether (sulfide) groups is 1. The van der Waals surface area contributed by atoms with E-state index in [4.69, 9.17) is 0 Å². The molecule has 1 aromatic rings. The number of rotatable bonds is 12. The number of unbranched alkanes of at least 4 members (excludes halogenated alkanes) is 3. The molecule has 0 radical (unpaired) electrons. The van der Waals surface area contributed by atoms with Gasteiger partial charge in [0.1, 0.15) is 0 Å².